The maximum atomic E-state index is 14.9. The number of hydrogen-bond donors (Lipinski definition) is 1. The number of nitrogens with one attached hydrogen (secondary N) is 1. The van der Waals surface area contributed by atoms with Crippen molar-refractivity contribution in [3.05, 3.63) is 69.8 Å². The Morgan fingerprint density at radius 3 is 2.75 bits per heavy atom. The van der Waals surface area contributed by atoms with Gasteiger partial charge in [-0.25, -0.2) is 17.8 Å². The molecule has 4 rings (SSSR count). The number of likely N-dealkylation sites (tertiary alicyclic amines) is 1. The van der Waals surface area contributed by atoms with E-state index in [9.17, 15) is 12.8 Å². The Balaban J connectivity index is 1.49. The van der Waals surface area contributed by atoms with Crippen LogP contribution in [0, 0.1) is 19.7 Å². The van der Waals surface area contributed by atoms with Gasteiger partial charge in [-0.05, 0) is 49.1 Å². The summed E-state index contributed by atoms with van der Waals surface area (Å²) in [5.41, 5.74) is 5.54. The molecule has 9 heteroatoms. The summed E-state index contributed by atoms with van der Waals surface area (Å²) < 4.78 is 42.6. The van der Waals surface area contributed by atoms with E-state index < -0.39 is 15.8 Å². The monoisotopic (exact) mass is 474 g/mol. The summed E-state index contributed by atoms with van der Waals surface area (Å²) in [4.78, 5) is 8.02. The number of benzene rings is 2. The fourth-order valence-corrected chi connectivity index (χ4v) is 5.89. The van der Waals surface area contributed by atoms with Crippen LogP contribution in [0.4, 0.5) is 15.9 Å². The van der Waals surface area contributed by atoms with Crippen molar-refractivity contribution in [2.75, 3.05) is 29.8 Å². The fraction of sp³-hybridized carbons (Fsp3) is 0.348. The fourth-order valence-electron chi connectivity index (χ4n) is 4.18. The van der Waals surface area contributed by atoms with Crippen molar-refractivity contribution in [3.63, 3.8) is 0 Å². The Morgan fingerprint density at radius 1 is 1.25 bits per heavy atom. The van der Waals surface area contributed by atoms with Gasteiger partial charge in [0.1, 0.15) is 10.7 Å². The normalized spacial score (nSPS) is 16.9. The lowest BCUT2D eigenvalue weighted by Gasteiger charge is -2.29. The predicted molar refractivity (Wildman–Crippen MR) is 127 cm³/mol. The van der Waals surface area contributed by atoms with Gasteiger partial charge in [-0.15, -0.1) is 11.3 Å². The van der Waals surface area contributed by atoms with Crippen LogP contribution in [0.25, 0.3) is 0 Å². The van der Waals surface area contributed by atoms with Crippen molar-refractivity contribution in [3.8, 4) is 0 Å². The van der Waals surface area contributed by atoms with Crippen LogP contribution >= 0.6 is 11.3 Å². The highest BCUT2D eigenvalue weighted by molar-refractivity contribution is 7.92. The van der Waals surface area contributed by atoms with Crippen LogP contribution in [0.3, 0.4) is 0 Å². The minimum atomic E-state index is -4.05. The molecule has 0 saturated carbocycles. The second-order valence-electron chi connectivity index (χ2n) is 8.26. The predicted octanol–water partition coefficient (Wildman–Crippen LogP) is 4.41. The molecule has 0 amide bonds. The molecule has 1 atom stereocenters. The van der Waals surface area contributed by atoms with Gasteiger partial charge in [0.05, 0.1) is 5.51 Å². The maximum Gasteiger partial charge on any atom is 0.266 e. The van der Waals surface area contributed by atoms with Crippen LogP contribution in [-0.2, 0) is 16.6 Å². The van der Waals surface area contributed by atoms with Crippen LogP contribution in [0.5, 0.6) is 0 Å². The molecule has 1 aliphatic rings. The van der Waals surface area contributed by atoms with Gasteiger partial charge in [0.25, 0.3) is 10.0 Å². The minimum Gasteiger partial charge on any atom is -0.370 e. The topological polar surface area (TPSA) is 65.5 Å². The first-order valence-corrected chi connectivity index (χ1v) is 12.9. The molecule has 1 aliphatic heterocycles. The summed E-state index contributed by atoms with van der Waals surface area (Å²) in [5.74, 6) is -0.581. The SMILES string of the molecule is Cc1ccccc1CN1CC[C@H](N(C)c2cc(F)c(S(=O)(=O)Nc3cscn3)cc2C)C1. The standard InChI is InChI=1S/C23H27FN4O2S2/c1-16-6-4-5-7-18(16)12-28-9-8-19(13-28)27(3)21-11-20(24)22(10-17(21)2)32(29,30)26-23-14-31-15-25-23/h4-7,10-11,14-15,19,26H,8-9,12-13H2,1-3H3/t19-/m0/s1. The molecular formula is C23H27FN4O2S2. The highest BCUT2D eigenvalue weighted by Gasteiger charge is 2.29. The third kappa shape index (κ3) is 4.79. The summed E-state index contributed by atoms with van der Waals surface area (Å²) in [7, 11) is -2.10. The van der Waals surface area contributed by atoms with Crippen LogP contribution in [0.15, 0.2) is 52.2 Å². The molecule has 2 heterocycles. The van der Waals surface area contributed by atoms with Gasteiger partial charge in [0.15, 0.2) is 5.82 Å². The van der Waals surface area contributed by atoms with Crippen molar-refractivity contribution in [1.29, 1.82) is 0 Å². The maximum absolute atomic E-state index is 14.9. The van der Waals surface area contributed by atoms with E-state index in [2.05, 4.69) is 44.6 Å². The molecule has 1 aromatic heterocycles. The molecule has 1 fully saturated rings. The molecule has 0 radical (unpaired) electrons. The third-order valence-corrected chi connectivity index (χ3v) is 8.00. The van der Waals surface area contributed by atoms with Gasteiger partial charge < -0.3 is 4.90 Å². The number of halogens is 1. The first-order chi connectivity index (χ1) is 15.2. The number of nitrogens with zero attached hydrogens (tertiary/aromatic N) is 3. The quantitative estimate of drug-likeness (QED) is 0.550. The number of rotatable bonds is 7. The number of thiazole rings is 1. The van der Waals surface area contributed by atoms with E-state index in [0.29, 0.717) is 11.3 Å². The summed E-state index contributed by atoms with van der Waals surface area (Å²) in [6.45, 7) is 6.67. The van der Waals surface area contributed by atoms with E-state index in [1.807, 2.05) is 20.0 Å². The number of aromatic nitrogens is 1. The largest absolute Gasteiger partial charge is 0.370 e. The lowest BCUT2D eigenvalue weighted by molar-refractivity contribution is 0.325. The first-order valence-electron chi connectivity index (χ1n) is 10.5. The zero-order chi connectivity index (χ0) is 22.9. The lowest BCUT2D eigenvalue weighted by Crippen LogP contribution is -2.35. The minimum absolute atomic E-state index is 0.188. The van der Waals surface area contributed by atoms with Crippen LogP contribution in [-0.4, -0.2) is 44.5 Å². The number of hydrogen-bond acceptors (Lipinski definition) is 6. The van der Waals surface area contributed by atoms with Crippen molar-refractivity contribution in [2.24, 2.45) is 0 Å². The van der Waals surface area contributed by atoms with Gasteiger partial charge in [-0.2, -0.15) is 0 Å². The molecular weight excluding hydrogens is 447 g/mol. The summed E-state index contributed by atoms with van der Waals surface area (Å²) in [5, 5.41) is 1.56. The van der Waals surface area contributed by atoms with Crippen LogP contribution in [0.1, 0.15) is 23.1 Å². The van der Waals surface area contributed by atoms with E-state index >= 15 is 0 Å². The number of aryl methyl sites for hydroxylation is 2. The molecule has 0 unspecified atom stereocenters. The molecule has 0 aliphatic carbocycles. The molecule has 170 valence electrons. The van der Waals surface area contributed by atoms with Crippen LogP contribution < -0.4 is 9.62 Å². The number of anilines is 2. The van der Waals surface area contributed by atoms with Gasteiger partial charge in [-0.3, -0.25) is 9.62 Å². The Bertz CT molecular complexity index is 1200. The zero-order valence-corrected chi connectivity index (χ0v) is 20.0. The number of likely N-dealkylation sites (N-methyl/N-ethyl adjacent to an activating group) is 1. The molecule has 6 nitrogen and oxygen atoms in total. The summed E-state index contributed by atoms with van der Waals surface area (Å²) in [6, 6.07) is 11.4. The summed E-state index contributed by atoms with van der Waals surface area (Å²) in [6.07, 6.45) is 0.967. The van der Waals surface area contributed by atoms with Crippen molar-refractivity contribution >= 4 is 32.9 Å². The molecule has 32 heavy (non-hydrogen) atoms. The number of sulfonamides is 1. The highest BCUT2D eigenvalue weighted by Crippen LogP contribution is 2.30. The van der Waals surface area contributed by atoms with Crippen molar-refractivity contribution in [2.45, 2.75) is 37.8 Å². The molecule has 1 saturated heterocycles. The highest BCUT2D eigenvalue weighted by atomic mass is 32.2. The van der Waals surface area contributed by atoms with E-state index in [0.717, 1.165) is 26.1 Å². The Hall–Kier alpha value is -2.49. The Kier molecular flexibility index (Phi) is 6.50. The molecule has 0 spiro atoms. The van der Waals surface area contributed by atoms with Crippen LogP contribution in [0.2, 0.25) is 0 Å². The van der Waals surface area contributed by atoms with E-state index in [4.69, 9.17) is 0 Å². The van der Waals surface area contributed by atoms with Gasteiger partial charge in [0, 0.05) is 43.8 Å². The van der Waals surface area contributed by atoms with Crippen molar-refractivity contribution < 1.29 is 12.8 Å². The average molecular weight is 475 g/mol. The van der Waals surface area contributed by atoms with E-state index in [1.54, 1.807) is 5.38 Å². The van der Waals surface area contributed by atoms with E-state index in [-0.39, 0.29) is 16.8 Å². The second-order valence-corrected chi connectivity index (χ2v) is 10.6. The van der Waals surface area contributed by atoms with Gasteiger partial charge >= 0.3 is 0 Å². The van der Waals surface area contributed by atoms with Crippen molar-refractivity contribution in [1.82, 2.24) is 9.88 Å². The van der Waals surface area contributed by atoms with E-state index in [1.165, 1.54) is 40.1 Å². The Morgan fingerprint density at radius 2 is 2.03 bits per heavy atom. The Labute approximate surface area is 192 Å². The first kappa shape index (κ1) is 22.7. The lowest BCUT2D eigenvalue weighted by atomic mass is 10.1. The average Bonchev–Trinajstić information content (AvgIpc) is 3.42. The van der Waals surface area contributed by atoms with Gasteiger partial charge in [0.2, 0.25) is 0 Å². The molecule has 0 bridgehead atoms. The summed E-state index contributed by atoms with van der Waals surface area (Å²) >= 11 is 1.26. The second kappa shape index (κ2) is 9.17. The zero-order valence-electron chi connectivity index (χ0n) is 18.4. The molecule has 1 N–H and O–H groups in total. The molecule has 3 aromatic rings. The third-order valence-electron chi connectivity index (χ3n) is 6.04. The molecule has 2 aromatic carbocycles. The van der Waals surface area contributed by atoms with Gasteiger partial charge in [-0.1, -0.05) is 24.3 Å². The smallest absolute Gasteiger partial charge is 0.266 e.